The van der Waals surface area contributed by atoms with Crippen LogP contribution in [0.3, 0.4) is 0 Å². The number of hydrogen-bond donors (Lipinski definition) is 0. The SMILES string of the molecule is C1CCOC1.C1CCOC1.C1CCOC1.C1CCOC1.[Nb+3].[Nb+3].c1c[n-]c(C(c2ccc[n-]2)c2ccc[n-]2)c1.c1c[n-]c(C(c2ccc[n-]2)c2ccc[n-]2)c1. The van der Waals surface area contributed by atoms with E-state index >= 15 is 0 Å². The molecule has 4 fully saturated rings. The summed E-state index contributed by atoms with van der Waals surface area (Å²) in [4.78, 5) is 26.1. The fraction of sp³-hybridized carbons (Fsp3) is 0.429. The predicted octanol–water partition coefficient (Wildman–Crippen LogP) is 6.66. The van der Waals surface area contributed by atoms with E-state index in [4.69, 9.17) is 18.9 Å². The molecular formula is C42H52N6Nb2O4. The monoisotopic (exact) mass is 890 g/mol. The van der Waals surface area contributed by atoms with Gasteiger partial charge in [0, 0.05) is 52.9 Å². The molecule has 0 bridgehead atoms. The molecule has 10 heterocycles. The number of rotatable bonds is 6. The summed E-state index contributed by atoms with van der Waals surface area (Å²) in [5, 5.41) is 0. The fourth-order valence-corrected chi connectivity index (χ4v) is 5.86. The van der Waals surface area contributed by atoms with Gasteiger partial charge in [-0.15, -0.1) is 0 Å². The van der Waals surface area contributed by atoms with E-state index in [1.54, 1.807) is 37.2 Å². The minimum Gasteiger partial charge on any atom is -0.667 e. The molecule has 10 nitrogen and oxygen atoms in total. The molecule has 12 heteroatoms. The van der Waals surface area contributed by atoms with Crippen molar-refractivity contribution < 1.29 is 63.7 Å². The first-order chi connectivity index (χ1) is 25.9. The Hall–Kier alpha value is -3.00. The van der Waals surface area contributed by atoms with Crippen LogP contribution in [0.1, 0.15) is 97.4 Å². The van der Waals surface area contributed by atoms with Crippen LogP contribution < -0.4 is 29.9 Å². The van der Waals surface area contributed by atoms with Gasteiger partial charge in [-0.05, 0) is 63.2 Å². The fourth-order valence-electron chi connectivity index (χ4n) is 5.86. The summed E-state index contributed by atoms with van der Waals surface area (Å²) in [6.07, 6.45) is 21.0. The van der Waals surface area contributed by atoms with Gasteiger partial charge >= 0.3 is 44.8 Å². The Kier molecular flexibility index (Phi) is 23.9. The van der Waals surface area contributed by atoms with Gasteiger partial charge in [-0.2, -0.15) is 71.3 Å². The van der Waals surface area contributed by atoms with Gasteiger partial charge in [0.25, 0.3) is 0 Å². The van der Waals surface area contributed by atoms with E-state index in [9.17, 15) is 0 Å². The first kappa shape index (κ1) is 45.4. The van der Waals surface area contributed by atoms with Crippen LogP contribution in [0.4, 0.5) is 0 Å². The van der Waals surface area contributed by atoms with Gasteiger partial charge < -0.3 is 48.9 Å². The number of hydrogen-bond acceptors (Lipinski definition) is 4. The summed E-state index contributed by atoms with van der Waals surface area (Å²) < 4.78 is 19.8. The van der Waals surface area contributed by atoms with E-state index in [1.807, 2.05) is 72.8 Å². The third kappa shape index (κ3) is 16.4. The largest absolute Gasteiger partial charge is 3.00 e. The maximum absolute atomic E-state index is 4.94. The van der Waals surface area contributed by atoms with Crippen LogP contribution in [0.2, 0.25) is 0 Å². The molecule has 0 spiro atoms. The quantitative estimate of drug-likeness (QED) is 0.168. The minimum atomic E-state index is 0. The van der Waals surface area contributed by atoms with Crippen molar-refractivity contribution in [3.05, 3.63) is 144 Å². The summed E-state index contributed by atoms with van der Waals surface area (Å²) in [5.74, 6) is 0.111. The van der Waals surface area contributed by atoms with E-state index in [2.05, 4.69) is 29.9 Å². The zero-order chi connectivity index (χ0) is 35.7. The molecule has 284 valence electrons. The van der Waals surface area contributed by atoms with Gasteiger partial charge in [0.05, 0.1) is 0 Å². The second-order valence-corrected chi connectivity index (χ2v) is 12.5. The molecule has 4 saturated heterocycles. The van der Waals surface area contributed by atoms with Crippen LogP contribution >= 0.6 is 0 Å². The maximum Gasteiger partial charge on any atom is 3.00 e. The number of ether oxygens (including phenoxy) is 4. The van der Waals surface area contributed by atoms with Crippen LogP contribution in [0, 0.1) is 0 Å². The Morgan fingerprint density at radius 3 is 0.556 bits per heavy atom. The predicted molar refractivity (Wildman–Crippen MR) is 201 cm³/mol. The summed E-state index contributed by atoms with van der Waals surface area (Å²) in [5.41, 5.74) is 5.99. The third-order valence-electron chi connectivity index (χ3n) is 8.54. The summed E-state index contributed by atoms with van der Waals surface area (Å²) >= 11 is 0. The zero-order valence-corrected chi connectivity index (χ0v) is 35.5. The number of nitrogens with zero attached hydrogens (tertiary/aromatic N) is 6. The van der Waals surface area contributed by atoms with Gasteiger partial charge in [0.1, 0.15) is 0 Å². The third-order valence-corrected chi connectivity index (χ3v) is 8.54. The Balaban J connectivity index is 0.000000190. The second kappa shape index (κ2) is 28.4. The van der Waals surface area contributed by atoms with E-state index in [-0.39, 0.29) is 56.6 Å². The van der Waals surface area contributed by atoms with Crippen LogP contribution in [0.15, 0.2) is 110 Å². The molecule has 4 aliphatic rings. The first-order valence-electron chi connectivity index (χ1n) is 18.7. The molecule has 6 aromatic heterocycles. The van der Waals surface area contributed by atoms with Gasteiger partial charge in [-0.3, -0.25) is 0 Å². The average molecular weight is 891 g/mol. The molecule has 54 heavy (non-hydrogen) atoms. The Morgan fingerprint density at radius 2 is 0.463 bits per heavy atom. The molecule has 0 atom stereocenters. The summed E-state index contributed by atoms with van der Waals surface area (Å²) in [6, 6.07) is 23.7. The van der Waals surface area contributed by atoms with Gasteiger partial charge in [-0.1, -0.05) is 72.8 Å². The molecule has 0 amide bonds. The summed E-state index contributed by atoms with van der Waals surface area (Å²) in [6.45, 7) is 8.00. The molecule has 6 aromatic rings. The van der Waals surface area contributed by atoms with Gasteiger partial charge in [-0.25, -0.2) is 0 Å². The van der Waals surface area contributed by atoms with Crippen molar-refractivity contribution in [2.24, 2.45) is 0 Å². The van der Waals surface area contributed by atoms with Crippen LogP contribution in [0.25, 0.3) is 0 Å². The Morgan fingerprint density at radius 1 is 0.296 bits per heavy atom. The van der Waals surface area contributed by atoms with E-state index in [0.717, 1.165) is 87.0 Å². The molecule has 10 rings (SSSR count). The standard InChI is InChI=1S/2C13H10N3.4C4H8O.2Nb/c2*1-4-10(14-7-1)13(11-5-2-8-15-11)12-6-3-9-16-12;4*1-2-4-5-3-1;;/h2*1-9,13H;4*1-4H2;;/q2*-3;;;;;2*+3. The molecule has 0 aliphatic carbocycles. The number of aromatic nitrogens is 6. The first-order valence-corrected chi connectivity index (χ1v) is 18.7. The molecular weight excluding hydrogens is 838 g/mol. The Bertz CT molecular complexity index is 1260. The molecule has 0 N–H and O–H groups in total. The second-order valence-electron chi connectivity index (χ2n) is 12.5. The van der Waals surface area contributed by atoms with Crippen LogP contribution in [0.5, 0.6) is 0 Å². The van der Waals surface area contributed by atoms with E-state index in [1.165, 1.54) is 51.4 Å². The van der Waals surface area contributed by atoms with E-state index in [0.29, 0.717) is 0 Å². The van der Waals surface area contributed by atoms with Crippen LogP contribution in [-0.4, -0.2) is 52.9 Å². The summed E-state index contributed by atoms with van der Waals surface area (Å²) in [7, 11) is 0. The van der Waals surface area contributed by atoms with Crippen molar-refractivity contribution in [2.75, 3.05) is 52.9 Å². The van der Waals surface area contributed by atoms with Crippen molar-refractivity contribution >= 4 is 0 Å². The van der Waals surface area contributed by atoms with Crippen molar-refractivity contribution in [3.63, 3.8) is 0 Å². The molecule has 0 aromatic carbocycles. The normalized spacial score (nSPS) is 15.4. The minimum absolute atomic E-state index is 0. The topological polar surface area (TPSA) is 122 Å². The smallest absolute Gasteiger partial charge is 0.667 e. The maximum atomic E-state index is 4.94. The van der Waals surface area contributed by atoms with Crippen LogP contribution in [-0.2, 0) is 63.7 Å². The molecule has 0 unspecified atom stereocenters. The zero-order valence-electron chi connectivity index (χ0n) is 31.1. The van der Waals surface area contributed by atoms with Crippen molar-refractivity contribution in [1.82, 2.24) is 29.9 Å². The van der Waals surface area contributed by atoms with Crippen molar-refractivity contribution in [2.45, 2.75) is 63.2 Å². The van der Waals surface area contributed by atoms with Crippen molar-refractivity contribution in [1.29, 1.82) is 0 Å². The Labute approximate surface area is 351 Å². The molecule has 0 saturated carbocycles. The molecule has 0 radical (unpaired) electrons. The molecule has 4 aliphatic heterocycles. The van der Waals surface area contributed by atoms with Gasteiger partial charge in [0.2, 0.25) is 0 Å². The van der Waals surface area contributed by atoms with Crippen molar-refractivity contribution in [3.8, 4) is 0 Å². The van der Waals surface area contributed by atoms with E-state index < -0.39 is 0 Å². The van der Waals surface area contributed by atoms with Gasteiger partial charge in [0.15, 0.2) is 0 Å². The average Bonchev–Trinajstić information content (AvgIpc) is 4.06.